The van der Waals surface area contributed by atoms with Gasteiger partial charge >= 0.3 is 0 Å². The molecule has 1 amide bonds. The molecule has 1 saturated heterocycles. The van der Waals surface area contributed by atoms with Crippen LogP contribution in [0.4, 0.5) is 10.1 Å². The molecule has 0 N–H and O–H groups in total. The maximum atomic E-state index is 13.1. The number of ether oxygens (including phenoxy) is 1. The van der Waals surface area contributed by atoms with E-state index in [1.54, 1.807) is 12.1 Å². The van der Waals surface area contributed by atoms with E-state index in [1.807, 2.05) is 29.2 Å². The van der Waals surface area contributed by atoms with Crippen LogP contribution in [0.25, 0.3) is 0 Å². The number of nitrogens with zero attached hydrogens (tertiary/aromatic N) is 2. The highest BCUT2D eigenvalue weighted by Crippen LogP contribution is 2.28. The summed E-state index contributed by atoms with van der Waals surface area (Å²) in [7, 11) is 0. The zero-order chi connectivity index (χ0) is 17.9. The Kier molecular flexibility index (Phi) is 4.78. The van der Waals surface area contributed by atoms with E-state index in [9.17, 15) is 9.18 Å². The van der Waals surface area contributed by atoms with E-state index in [0.717, 1.165) is 49.5 Å². The fraction of sp³-hybridized carbons (Fsp3) is 0.381. The molecule has 0 radical (unpaired) electrons. The van der Waals surface area contributed by atoms with Crippen molar-refractivity contribution >= 4 is 11.6 Å². The molecule has 0 unspecified atom stereocenters. The van der Waals surface area contributed by atoms with Crippen LogP contribution in [-0.4, -0.2) is 43.6 Å². The van der Waals surface area contributed by atoms with Gasteiger partial charge in [0.15, 0.2) is 0 Å². The van der Waals surface area contributed by atoms with Crippen LogP contribution >= 0.6 is 0 Å². The highest BCUT2D eigenvalue weighted by atomic mass is 19.1. The van der Waals surface area contributed by atoms with Crippen molar-refractivity contribution in [1.82, 2.24) is 4.90 Å². The lowest BCUT2D eigenvalue weighted by Gasteiger charge is -2.30. The Bertz CT molecular complexity index is 778. The minimum absolute atomic E-state index is 0.109. The zero-order valence-corrected chi connectivity index (χ0v) is 14.7. The van der Waals surface area contributed by atoms with E-state index < -0.39 is 0 Å². The number of para-hydroxylation sites is 1. The maximum absolute atomic E-state index is 13.1. The summed E-state index contributed by atoms with van der Waals surface area (Å²) in [4.78, 5) is 17.2. The average molecular weight is 354 g/mol. The van der Waals surface area contributed by atoms with Crippen molar-refractivity contribution in [2.45, 2.75) is 12.8 Å². The van der Waals surface area contributed by atoms with Crippen molar-refractivity contribution in [2.24, 2.45) is 5.92 Å². The van der Waals surface area contributed by atoms with Crippen molar-refractivity contribution in [3.8, 4) is 5.75 Å². The van der Waals surface area contributed by atoms with Crippen molar-refractivity contribution in [1.29, 1.82) is 0 Å². The number of rotatable bonds is 2. The van der Waals surface area contributed by atoms with E-state index in [1.165, 1.54) is 12.1 Å². The van der Waals surface area contributed by atoms with Crippen LogP contribution < -0.4 is 9.64 Å². The first-order valence-corrected chi connectivity index (χ1v) is 9.21. The number of carbonyl (C=O) groups excluding carboxylic acids is 1. The Balaban J connectivity index is 1.39. The van der Waals surface area contributed by atoms with Crippen LogP contribution in [-0.2, 0) is 11.2 Å². The molecule has 0 spiro atoms. The average Bonchev–Trinajstić information content (AvgIpc) is 2.94. The molecular formula is C21H23FN2O2. The third-order valence-electron chi connectivity index (χ3n) is 5.23. The Labute approximate surface area is 153 Å². The van der Waals surface area contributed by atoms with Gasteiger partial charge in [0.25, 0.3) is 0 Å². The summed E-state index contributed by atoms with van der Waals surface area (Å²) in [6, 6.07) is 14.5. The molecule has 0 aliphatic carbocycles. The van der Waals surface area contributed by atoms with Gasteiger partial charge in [-0.15, -0.1) is 0 Å². The number of hydrogen-bond acceptors (Lipinski definition) is 3. The summed E-state index contributed by atoms with van der Waals surface area (Å²) >= 11 is 0. The number of amides is 1. The maximum Gasteiger partial charge on any atom is 0.229 e. The Morgan fingerprint density at radius 2 is 1.81 bits per heavy atom. The molecule has 0 bridgehead atoms. The van der Waals surface area contributed by atoms with Gasteiger partial charge in [-0.25, -0.2) is 4.39 Å². The molecule has 2 aliphatic rings. The molecular weight excluding hydrogens is 331 g/mol. The number of hydrogen-bond donors (Lipinski definition) is 0. The second-order valence-corrected chi connectivity index (χ2v) is 6.96. The van der Waals surface area contributed by atoms with Crippen molar-refractivity contribution in [3.63, 3.8) is 0 Å². The van der Waals surface area contributed by atoms with Crippen molar-refractivity contribution in [3.05, 3.63) is 59.9 Å². The second kappa shape index (κ2) is 7.36. The van der Waals surface area contributed by atoms with Crippen LogP contribution in [0.5, 0.6) is 5.75 Å². The van der Waals surface area contributed by atoms with E-state index >= 15 is 0 Å². The summed E-state index contributed by atoms with van der Waals surface area (Å²) in [5, 5.41) is 0. The molecule has 0 saturated carbocycles. The van der Waals surface area contributed by atoms with Gasteiger partial charge in [-0.1, -0.05) is 18.2 Å². The lowest BCUT2D eigenvalue weighted by atomic mass is 9.95. The third-order valence-corrected chi connectivity index (χ3v) is 5.23. The summed E-state index contributed by atoms with van der Waals surface area (Å²) in [5.41, 5.74) is 2.12. The van der Waals surface area contributed by atoms with Gasteiger partial charge in [0, 0.05) is 31.9 Å². The number of fused-ring (bicyclic) bond motifs is 1. The predicted octanol–water partition coefficient (Wildman–Crippen LogP) is 3.12. The van der Waals surface area contributed by atoms with Gasteiger partial charge in [0.2, 0.25) is 5.91 Å². The fourth-order valence-corrected chi connectivity index (χ4v) is 3.79. The Hall–Kier alpha value is -2.56. The van der Waals surface area contributed by atoms with E-state index in [-0.39, 0.29) is 17.6 Å². The second-order valence-electron chi connectivity index (χ2n) is 6.96. The molecule has 2 aromatic rings. The molecule has 2 heterocycles. The Morgan fingerprint density at radius 1 is 1.00 bits per heavy atom. The monoisotopic (exact) mass is 354 g/mol. The molecule has 26 heavy (non-hydrogen) atoms. The molecule has 1 atom stereocenters. The Morgan fingerprint density at radius 3 is 2.65 bits per heavy atom. The van der Waals surface area contributed by atoms with Gasteiger partial charge < -0.3 is 14.5 Å². The standard InChI is InChI=1S/C21H23FN2O2/c22-18-6-8-19(9-7-18)23-10-3-11-24(13-12-23)21(25)17-14-16-4-1-2-5-20(16)26-15-17/h1-2,4-9,17H,3,10-15H2/t17-/m1/s1. The highest BCUT2D eigenvalue weighted by Gasteiger charge is 2.30. The minimum atomic E-state index is -0.224. The van der Waals surface area contributed by atoms with E-state index in [2.05, 4.69) is 4.90 Å². The first-order chi connectivity index (χ1) is 12.7. The van der Waals surface area contributed by atoms with Gasteiger partial charge in [-0.2, -0.15) is 0 Å². The first kappa shape index (κ1) is 16.9. The van der Waals surface area contributed by atoms with E-state index in [0.29, 0.717) is 13.2 Å². The highest BCUT2D eigenvalue weighted by molar-refractivity contribution is 5.80. The molecule has 2 aromatic carbocycles. The lowest BCUT2D eigenvalue weighted by molar-refractivity contribution is -0.136. The SMILES string of the molecule is O=C([C@H]1COc2ccccc2C1)N1CCCN(c2ccc(F)cc2)CC1. The molecule has 2 aliphatic heterocycles. The van der Waals surface area contributed by atoms with E-state index in [4.69, 9.17) is 4.74 Å². The molecule has 4 rings (SSSR count). The fourth-order valence-electron chi connectivity index (χ4n) is 3.79. The molecule has 5 heteroatoms. The van der Waals surface area contributed by atoms with Crippen LogP contribution in [0.1, 0.15) is 12.0 Å². The van der Waals surface area contributed by atoms with Gasteiger partial charge in [0.05, 0.1) is 5.92 Å². The third kappa shape index (κ3) is 3.52. The van der Waals surface area contributed by atoms with Gasteiger partial charge in [0.1, 0.15) is 18.2 Å². The summed E-state index contributed by atoms with van der Waals surface area (Å²) in [5.74, 6) is 0.746. The van der Waals surface area contributed by atoms with Crippen molar-refractivity contribution in [2.75, 3.05) is 37.7 Å². The lowest BCUT2D eigenvalue weighted by Crippen LogP contribution is -2.42. The topological polar surface area (TPSA) is 32.8 Å². The smallest absolute Gasteiger partial charge is 0.229 e. The molecule has 136 valence electrons. The van der Waals surface area contributed by atoms with Crippen LogP contribution in [0.15, 0.2) is 48.5 Å². The van der Waals surface area contributed by atoms with Gasteiger partial charge in [-0.05, 0) is 48.7 Å². The molecule has 4 nitrogen and oxygen atoms in total. The molecule has 1 fully saturated rings. The van der Waals surface area contributed by atoms with Gasteiger partial charge in [-0.3, -0.25) is 4.79 Å². The number of benzene rings is 2. The predicted molar refractivity (Wildman–Crippen MR) is 98.9 cm³/mol. The molecule has 0 aromatic heterocycles. The van der Waals surface area contributed by atoms with Crippen molar-refractivity contribution < 1.29 is 13.9 Å². The van der Waals surface area contributed by atoms with Crippen LogP contribution in [0.2, 0.25) is 0 Å². The first-order valence-electron chi connectivity index (χ1n) is 9.21. The number of carbonyl (C=O) groups is 1. The van der Waals surface area contributed by atoms with Crippen LogP contribution in [0.3, 0.4) is 0 Å². The summed E-state index contributed by atoms with van der Waals surface area (Å²) < 4.78 is 18.9. The quantitative estimate of drug-likeness (QED) is 0.831. The normalized spacial score (nSPS) is 20.1. The minimum Gasteiger partial charge on any atom is -0.492 e. The largest absolute Gasteiger partial charge is 0.492 e. The number of halogens is 1. The zero-order valence-electron chi connectivity index (χ0n) is 14.7. The number of anilines is 1. The summed E-state index contributed by atoms with van der Waals surface area (Å²) in [6.07, 6.45) is 1.65. The summed E-state index contributed by atoms with van der Waals surface area (Å²) in [6.45, 7) is 3.54. The van der Waals surface area contributed by atoms with Crippen LogP contribution in [0, 0.1) is 11.7 Å².